The van der Waals surface area contributed by atoms with Gasteiger partial charge < -0.3 is 9.15 Å². The van der Waals surface area contributed by atoms with Crippen molar-refractivity contribution in [3.63, 3.8) is 0 Å². The van der Waals surface area contributed by atoms with Gasteiger partial charge in [-0.2, -0.15) is 0 Å². The Labute approximate surface area is 124 Å². The third-order valence-corrected chi connectivity index (χ3v) is 5.96. The predicted octanol–water partition coefficient (Wildman–Crippen LogP) is 3.11. The van der Waals surface area contributed by atoms with E-state index in [2.05, 4.69) is 9.35 Å². The molecule has 0 N–H and O–H groups in total. The molecule has 0 saturated carbocycles. The third-order valence-electron chi connectivity index (χ3n) is 3.51. The number of methoxy groups -OCH3 is 1. The number of ether oxygens (including phenoxy) is 1. The Morgan fingerprint density at radius 3 is 2.95 bits per heavy atom. The van der Waals surface area contributed by atoms with Crippen LogP contribution >= 0.6 is 0 Å². The van der Waals surface area contributed by atoms with Crippen molar-refractivity contribution in [2.75, 3.05) is 18.6 Å². The van der Waals surface area contributed by atoms with Crippen LogP contribution in [0.5, 0.6) is 5.75 Å². The fraction of sp³-hybridized carbons (Fsp3) is 0.400. The molecular weight excluding hydrogens is 288 g/mol. The van der Waals surface area contributed by atoms with E-state index in [0.717, 1.165) is 24.2 Å². The van der Waals surface area contributed by atoms with E-state index < -0.39 is 9.73 Å². The zero-order chi connectivity index (χ0) is 14.7. The van der Waals surface area contributed by atoms with Crippen LogP contribution in [0, 0.1) is 0 Å². The van der Waals surface area contributed by atoms with E-state index in [4.69, 9.17) is 9.15 Å². The number of aromatic nitrogens is 1. The van der Waals surface area contributed by atoms with E-state index >= 15 is 0 Å². The second-order valence-corrected chi connectivity index (χ2v) is 7.67. The van der Waals surface area contributed by atoms with Gasteiger partial charge in [0.2, 0.25) is 5.89 Å². The lowest BCUT2D eigenvalue weighted by Gasteiger charge is -2.00. The van der Waals surface area contributed by atoms with E-state index in [0.29, 0.717) is 29.6 Å². The SMILES string of the molecule is COc1cccc(-c2nc(CN=S3(=O)CCCC3)co2)c1. The van der Waals surface area contributed by atoms with Gasteiger partial charge >= 0.3 is 0 Å². The molecule has 21 heavy (non-hydrogen) atoms. The molecular formula is C15H18N2O3S. The molecule has 1 aliphatic heterocycles. The Morgan fingerprint density at radius 2 is 2.19 bits per heavy atom. The standard InChI is InChI=1S/C15H18N2O3S/c1-19-14-6-4-5-12(9-14)15-17-13(11-20-15)10-16-21(18)7-2-3-8-21/h4-6,9,11H,2-3,7-8,10H2,1H3. The molecule has 0 amide bonds. The number of hydrogen-bond acceptors (Lipinski definition) is 5. The lowest BCUT2D eigenvalue weighted by Crippen LogP contribution is -2.01. The molecule has 2 aromatic rings. The summed E-state index contributed by atoms with van der Waals surface area (Å²) in [7, 11) is -0.373. The van der Waals surface area contributed by atoms with Crippen LogP contribution in [0.2, 0.25) is 0 Å². The maximum absolute atomic E-state index is 12.3. The van der Waals surface area contributed by atoms with Gasteiger partial charge in [-0.15, -0.1) is 0 Å². The van der Waals surface area contributed by atoms with Crippen LogP contribution in [0.4, 0.5) is 0 Å². The van der Waals surface area contributed by atoms with Crippen LogP contribution in [-0.2, 0) is 16.3 Å². The van der Waals surface area contributed by atoms with Gasteiger partial charge in [0.25, 0.3) is 0 Å². The minimum absolute atomic E-state index is 0.353. The van der Waals surface area contributed by atoms with Crippen molar-refractivity contribution in [3.05, 3.63) is 36.2 Å². The topological polar surface area (TPSA) is 64.7 Å². The lowest BCUT2D eigenvalue weighted by molar-refractivity contribution is 0.414. The van der Waals surface area contributed by atoms with Crippen molar-refractivity contribution in [2.45, 2.75) is 19.4 Å². The van der Waals surface area contributed by atoms with Crippen LogP contribution in [0.3, 0.4) is 0 Å². The minimum atomic E-state index is -1.99. The quantitative estimate of drug-likeness (QED) is 0.870. The first-order valence-electron chi connectivity index (χ1n) is 6.96. The van der Waals surface area contributed by atoms with Gasteiger partial charge in [0.1, 0.15) is 17.7 Å². The normalized spacial score (nSPS) is 16.8. The molecule has 0 atom stereocenters. The van der Waals surface area contributed by atoms with E-state index in [1.807, 2.05) is 24.3 Å². The molecule has 1 aromatic carbocycles. The molecule has 0 unspecified atom stereocenters. The molecule has 5 nitrogen and oxygen atoms in total. The van der Waals surface area contributed by atoms with Gasteiger partial charge in [0.05, 0.1) is 13.7 Å². The van der Waals surface area contributed by atoms with E-state index in [1.165, 1.54) is 0 Å². The highest BCUT2D eigenvalue weighted by molar-refractivity contribution is 7.93. The van der Waals surface area contributed by atoms with Gasteiger partial charge in [-0.1, -0.05) is 6.07 Å². The second-order valence-electron chi connectivity index (χ2n) is 5.05. The summed E-state index contributed by atoms with van der Waals surface area (Å²) in [4.78, 5) is 4.41. The summed E-state index contributed by atoms with van der Waals surface area (Å²) in [6.07, 6.45) is 3.60. The lowest BCUT2D eigenvalue weighted by atomic mass is 10.2. The summed E-state index contributed by atoms with van der Waals surface area (Å²) in [5.41, 5.74) is 1.56. The summed E-state index contributed by atoms with van der Waals surface area (Å²) in [6, 6.07) is 7.53. The van der Waals surface area contributed by atoms with Crippen LogP contribution in [0.1, 0.15) is 18.5 Å². The average molecular weight is 306 g/mol. The highest BCUT2D eigenvalue weighted by Gasteiger charge is 2.16. The summed E-state index contributed by atoms with van der Waals surface area (Å²) in [6.45, 7) is 0.353. The van der Waals surface area contributed by atoms with Gasteiger partial charge in [0.15, 0.2) is 0 Å². The maximum atomic E-state index is 12.3. The van der Waals surface area contributed by atoms with Crippen LogP contribution in [0.15, 0.2) is 39.3 Å². The molecule has 1 aliphatic rings. The van der Waals surface area contributed by atoms with Gasteiger partial charge in [-0.25, -0.2) is 13.6 Å². The van der Waals surface area contributed by atoms with Crippen molar-refractivity contribution in [2.24, 2.45) is 4.36 Å². The van der Waals surface area contributed by atoms with Crippen molar-refractivity contribution in [3.8, 4) is 17.2 Å². The summed E-state index contributed by atoms with van der Waals surface area (Å²) in [5, 5.41) is 0. The van der Waals surface area contributed by atoms with Gasteiger partial charge in [-0.3, -0.25) is 0 Å². The number of rotatable bonds is 4. The fourth-order valence-corrected chi connectivity index (χ4v) is 4.48. The maximum Gasteiger partial charge on any atom is 0.226 e. The van der Waals surface area contributed by atoms with Gasteiger partial charge in [-0.05, 0) is 31.0 Å². The molecule has 6 heteroatoms. The monoisotopic (exact) mass is 306 g/mol. The molecule has 3 rings (SSSR count). The van der Waals surface area contributed by atoms with E-state index in [1.54, 1.807) is 13.4 Å². The number of oxazole rings is 1. The van der Waals surface area contributed by atoms with E-state index in [-0.39, 0.29) is 0 Å². The van der Waals surface area contributed by atoms with Crippen molar-refractivity contribution in [1.82, 2.24) is 4.98 Å². The first kappa shape index (κ1) is 14.1. The van der Waals surface area contributed by atoms with Crippen LogP contribution in [0.25, 0.3) is 11.5 Å². The molecule has 112 valence electrons. The first-order valence-corrected chi connectivity index (χ1v) is 8.81. The first-order chi connectivity index (χ1) is 10.2. The molecule has 2 heterocycles. The average Bonchev–Trinajstić information content (AvgIpc) is 3.15. The minimum Gasteiger partial charge on any atom is -0.497 e. The molecule has 0 bridgehead atoms. The Morgan fingerprint density at radius 1 is 1.38 bits per heavy atom. The molecule has 0 spiro atoms. The van der Waals surface area contributed by atoms with Crippen LogP contribution in [-0.4, -0.2) is 27.8 Å². The van der Waals surface area contributed by atoms with Crippen molar-refractivity contribution < 1.29 is 13.4 Å². The summed E-state index contributed by atoms with van der Waals surface area (Å²) >= 11 is 0. The van der Waals surface area contributed by atoms with Crippen LogP contribution < -0.4 is 4.74 Å². The fourth-order valence-electron chi connectivity index (χ4n) is 2.34. The Bertz CT molecular complexity index is 733. The zero-order valence-electron chi connectivity index (χ0n) is 11.9. The summed E-state index contributed by atoms with van der Waals surface area (Å²) < 4.78 is 27.3. The van der Waals surface area contributed by atoms with Crippen molar-refractivity contribution in [1.29, 1.82) is 0 Å². The zero-order valence-corrected chi connectivity index (χ0v) is 12.8. The third kappa shape index (κ3) is 3.26. The molecule has 0 radical (unpaired) electrons. The Hall–Kier alpha value is -1.82. The molecule has 1 fully saturated rings. The van der Waals surface area contributed by atoms with Gasteiger partial charge in [0, 0.05) is 26.8 Å². The highest BCUT2D eigenvalue weighted by atomic mass is 32.2. The Kier molecular flexibility index (Phi) is 3.96. The number of hydrogen-bond donors (Lipinski definition) is 0. The molecule has 0 aliphatic carbocycles. The summed E-state index contributed by atoms with van der Waals surface area (Å²) in [5.74, 6) is 2.72. The largest absolute Gasteiger partial charge is 0.497 e. The number of benzene rings is 1. The Balaban J connectivity index is 1.78. The van der Waals surface area contributed by atoms with E-state index in [9.17, 15) is 4.21 Å². The molecule has 1 aromatic heterocycles. The predicted molar refractivity (Wildman–Crippen MR) is 81.7 cm³/mol. The smallest absolute Gasteiger partial charge is 0.226 e. The highest BCUT2D eigenvalue weighted by Crippen LogP contribution is 2.23. The number of nitrogens with zero attached hydrogens (tertiary/aromatic N) is 2. The molecule has 1 saturated heterocycles. The second kappa shape index (κ2) is 5.89. The van der Waals surface area contributed by atoms with Crippen molar-refractivity contribution >= 4 is 9.73 Å².